The zero-order valence-electron chi connectivity index (χ0n) is 9.75. The third kappa shape index (κ3) is 1.93. The summed E-state index contributed by atoms with van der Waals surface area (Å²) < 4.78 is 18.9. The SMILES string of the molecule is Nc1noc(-c2ccncc2F)c1-c1ccncc1. The van der Waals surface area contributed by atoms with Crippen LogP contribution in [0.3, 0.4) is 0 Å². The summed E-state index contributed by atoms with van der Waals surface area (Å²) in [5.41, 5.74) is 7.38. The number of halogens is 1. The number of aromatic nitrogens is 3. The maximum absolute atomic E-state index is 13.8. The number of hydrogen-bond acceptors (Lipinski definition) is 5. The first-order valence-electron chi connectivity index (χ1n) is 5.53. The molecular weight excluding hydrogens is 247 g/mol. The largest absolute Gasteiger partial charge is 0.380 e. The first-order valence-corrected chi connectivity index (χ1v) is 5.53. The Morgan fingerprint density at radius 1 is 1.05 bits per heavy atom. The van der Waals surface area contributed by atoms with E-state index in [-0.39, 0.29) is 17.1 Å². The number of anilines is 1. The Hall–Kier alpha value is -2.76. The van der Waals surface area contributed by atoms with Gasteiger partial charge >= 0.3 is 0 Å². The van der Waals surface area contributed by atoms with E-state index in [2.05, 4.69) is 15.1 Å². The van der Waals surface area contributed by atoms with Crippen molar-refractivity contribution in [2.24, 2.45) is 0 Å². The second-order valence-electron chi connectivity index (χ2n) is 3.86. The molecule has 0 saturated carbocycles. The molecule has 3 heterocycles. The molecule has 0 bridgehead atoms. The molecule has 0 aromatic carbocycles. The second-order valence-corrected chi connectivity index (χ2v) is 3.86. The standard InChI is InChI=1S/C13H9FN4O/c14-10-7-17-6-3-9(10)12-11(13(15)18-19-12)8-1-4-16-5-2-8/h1-7H,(H2,15,18). The molecule has 0 spiro atoms. The van der Waals surface area contributed by atoms with Crippen LogP contribution in [-0.2, 0) is 0 Å². The number of hydrogen-bond donors (Lipinski definition) is 1. The molecule has 0 atom stereocenters. The van der Waals surface area contributed by atoms with Gasteiger partial charge in [-0.1, -0.05) is 5.16 Å². The van der Waals surface area contributed by atoms with Gasteiger partial charge in [0.2, 0.25) is 0 Å². The van der Waals surface area contributed by atoms with Gasteiger partial charge in [0.1, 0.15) is 0 Å². The molecule has 0 amide bonds. The molecule has 94 valence electrons. The zero-order chi connectivity index (χ0) is 13.2. The van der Waals surface area contributed by atoms with E-state index in [4.69, 9.17) is 10.3 Å². The second kappa shape index (κ2) is 4.49. The third-order valence-electron chi connectivity index (χ3n) is 2.70. The number of pyridine rings is 2. The van der Waals surface area contributed by atoms with Crippen molar-refractivity contribution in [2.45, 2.75) is 0 Å². The van der Waals surface area contributed by atoms with Gasteiger partial charge in [-0.2, -0.15) is 0 Å². The van der Waals surface area contributed by atoms with Gasteiger partial charge in [-0.05, 0) is 23.8 Å². The number of rotatable bonds is 2. The lowest BCUT2D eigenvalue weighted by Gasteiger charge is -2.02. The fraction of sp³-hybridized carbons (Fsp3) is 0. The molecule has 2 N–H and O–H groups in total. The number of nitrogens with two attached hydrogens (primary N) is 1. The third-order valence-corrected chi connectivity index (χ3v) is 2.70. The summed E-state index contributed by atoms with van der Waals surface area (Å²) in [6.07, 6.45) is 5.83. The van der Waals surface area contributed by atoms with Gasteiger partial charge in [0, 0.05) is 18.6 Å². The molecule has 5 nitrogen and oxygen atoms in total. The molecule has 0 aliphatic heterocycles. The van der Waals surface area contributed by atoms with Gasteiger partial charge in [0.15, 0.2) is 17.4 Å². The highest BCUT2D eigenvalue weighted by Gasteiger charge is 2.20. The van der Waals surface area contributed by atoms with Crippen molar-refractivity contribution in [2.75, 3.05) is 5.73 Å². The Morgan fingerprint density at radius 3 is 2.53 bits per heavy atom. The van der Waals surface area contributed by atoms with Crippen LogP contribution >= 0.6 is 0 Å². The molecule has 0 saturated heterocycles. The van der Waals surface area contributed by atoms with E-state index in [1.54, 1.807) is 24.5 Å². The summed E-state index contributed by atoms with van der Waals surface area (Å²) in [5.74, 6) is -0.00466. The quantitative estimate of drug-likeness (QED) is 0.762. The monoisotopic (exact) mass is 256 g/mol. The number of nitrogens with zero attached hydrogens (tertiary/aromatic N) is 3. The fourth-order valence-electron chi connectivity index (χ4n) is 1.84. The van der Waals surface area contributed by atoms with E-state index >= 15 is 0 Å². The molecule has 0 aliphatic carbocycles. The van der Waals surface area contributed by atoms with Crippen LogP contribution in [0.5, 0.6) is 0 Å². The van der Waals surface area contributed by atoms with E-state index in [0.717, 1.165) is 11.8 Å². The van der Waals surface area contributed by atoms with Crippen molar-refractivity contribution in [3.8, 4) is 22.5 Å². The lowest BCUT2D eigenvalue weighted by Crippen LogP contribution is -1.90. The molecule has 0 fully saturated rings. The van der Waals surface area contributed by atoms with Gasteiger partial charge in [0.05, 0.1) is 17.3 Å². The van der Waals surface area contributed by atoms with Gasteiger partial charge in [-0.25, -0.2) is 4.39 Å². The van der Waals surface area contributed by atoms with E-state index in [1.165, 1.54) is 12.3 Å². The van der Waals surface area contributed by atoms with Crippen LogP contribution in [0.25, 0.3) is 22.5 Å². The van der Waals surface area contributed by atoms with E-state index in [1.807, 2.05) is 0 Å². The van der Waals surface area contributed by atoms with Crippen molar-refractivity contribution in [1.29, 1.82) is 0 Å². The molecule has 3 rings (SSSR count). The Bertz CT molecular complexity index is 712. The lowest BCUT2D eigenvalue weighted by molar-refractivity contribution is 0.433. The molecule has 3 aromatic rings. The summed E-state index contributed by atoms with van der Waals surface area (Å²) in [6.45, 7) is 0. The van der Waals surface area contributed by atoms with Crippen LogP contribution in [0.2, 0.25) is 0 Å². The average Bonchev–Trinajstić information content (AvgIpc) is 2.82. The highest BCUT2D eigenvalue weighted by Crippen LogP contribution is 2.36. The maximum Gasteiger partial charge on any atom is 0.179 e. The first kappa shape index (κ1) is 11.3. The normalized spacial score (nSPS) is 10.6. The highest BCUT2D eigenvalue weighted by molar-refractivity contribution is 5.86. The predicted octanol–water partition coefficient (Wildman–Crippen LogP) is 2.52. The minimum absolute atomic E-state index is 0.206. The molecule has 0 radical (unpaired) electrons. The average molecular weight is 256 g/mol. The maximum atomic E-state index is 13.8. The Labute approximate surface area is 107 Å². The van der Waals surface area contributed by atoms with Gasteiger partial charge in [0.25, 0.3) is 0 Å². The van der Waals surface area contributed by atoms with Gasteiger partial charge in [-0.15, -0.1) is 0 Å². The fourth-order valence-corrected chi connectivity index (χ4v) is 1.84. The van der Waals surface area contributed by atoms with Crippen LogP contribution in [0, 0.1) is 5.82 Å². The molecule has 3 aromatic heterocycles. The Morgan fingerprint density at radius 2 is 1.79 bits per heavy atom. The van der Waals surface area contributed by atoms with Crippen molar-refractivity contribution < 1.29 is 8.91 Å². The van der Waals surface area contributed by atoms with Crippen LogP contribution in [-0.4, -0.2) is 15.1 Å². The predicted molar refractivity (Wildman–Crippen MR) is 67.3 cm³/mol. The first-order chi connectivity index (χ1) is 9.27. The number of nitrogen functional groups attached to an aromatic ring is 1. The van der Waals surface area contributed by atoms with Crippen LogP contribution in [0.4, 0.5) is 10.2 Å². The molecule has 19 heavy (non-hydrogen) atoms. The summed E-state index contributed by atoms with van der Waals surface area (Å²) in [7, 11) is 0. The summed E-state index contributed by atoms with van der Waals surface area (Å²) in [6, 6.07) is 5.02. The summed E-state index contributed by atoms with van der Waals surface area (Å²) in [5, 5.41) is 3.71. The van der Waals surface area contributed by atoms with Crippen LogP contribution in [0.15, 0.2) is 47.5 Å². The smallest absolute Gasteiger partial charge is 0.179 e. The lowest BCUT2D eigenvalue weighted by atomic mass is 10.0. The van der Waals surface area contributed by atoms with E-state index in [9.17, 15) is 4.39 Å². The van der Waals surface area contributed by atoms with Crippen LogP contribution in [0.1, 0.15) is 0 Å². The molecular formula is C13H9FN4O. The summed E-state index contributed by atoms with van der Waals surface area (Å²) in [4.78, 5) is 7.63. The molecule has 0 aliphatic rings. The Kier molecular flexibility index (Phi) is 2.68. The van der Waals surface area contributed by atoms with Crippen molar-refractivity contribution in [3.05, 3.63) is 48.8 Å². The van der Waals surface area contributed by atoms with Crippen molar-refractivity contribution in [3.63, 3.8) is 0 Å². The zero-order valence-corrected chi connectivity index (χ0v) is 9.75. The van der Waals surface area contributed by atoms with E-state index < -0.39 is 5.82 Å². The Balaban J connectivity index is 2.23. The van der Waals surface area contributed by atoms with E-state index in [0.29, 0.717) is 5.56 Å². The molecule has 6 heteroatoms. The minimum Gasteiger partial charge on any atom is -0.380 e. The highest BCUT2D eigenvalue weighted by atomic mass is 19.1. The van der Waals surface area contributed by atoms with Gasteiger partial charge in [-0.3, -0.25) is 9.97 Å². The summed E-state index contributed by atoms with van der Waals surface area (Å²) >= 11 is 0. The van der Waals surface area contributed by atoms with Crippen molar-refractivity contribution >= 4 is 5.82 Å². The minimum atomic E-state index is -0.492. The van der Waals surface area contributed by atoms with Gasteiger partial charge < -0.3 is 10.3 Å². The van der Waals surface area contributed by atoms with Crippen molar-refractivity contribution in [1.82, 2.24) is 15.1 Å². The van der Waals surface area contributed by atoms with Crippen LogP contribution < -0.4 is 5.73 Å². The molecule has 0 unspecified atom stereocenters. The topological polar surface area (TPSA) is 77.8 Å².